The van der Waals surface area contributed by atoms with Crippen LogP contribution >= 0.6 is 23.2 Å². The maximum atomic E-state index is 6.25. The molecule has 3 nitrogen and oxygen atoms in total. The Bertz CT molecular complexity index is 584. The van der Waals surface area contributed by atoms with Crippen LogP contribution in [0.2, 0.25) is 10.0 Å². The SMILES string of the molecule is CCOc1cncc(C(Cc2c(Cl)cccc2Cl)NC)c1. The molecular weight excluding hydrogens is 307 g/mol. The van der Waals surface area contributed by atoms with Gasteiger partial charge in [-0.3, -0.25) is 4.98 Å². The van der Waals surface area contributed by atoms with Crippen molar-refractivity contribution in [2.24, 2.45) is 0 Å². The number of ether oxygens (including phenoxy) is 1. The summed E-state index contributed by atoms with van der Waals surface area (Å²) in [6.07, 6.45) is 4.23. The molecule has 0 aliphatic heterocycles. The molecule has 0 aliphatic rings. The molecule has 0 aliphatic carbocycles. The molecule has 1 atom stereocenters. The molecule has 112 valence electrons. The number of halogens is 2. The number of benzene rings is 1. The first kappa shape index (κ1) is 16.1. The third-order valence-electron chi connectivity index (χ3n) is 3.27. The molecule has 0 fully saturated rings. The van der Waals surface area contributed by atoms with Crippen molar-refractivity contribution in [3.63, 3.8) is 0 Å². The first-order valence-electron chi connectivity index (χ1n) is 6.83. The number of rotatable bonds is 6. The summed E-state index contributed by atoms with van der Waals surface area (Å²) >= 11 is 12.5. The molecule has 1 unspecified atom stereocenters. The predicted molar refractivity (Wildman–Crippen MR) is 87.4 cm³/mol. The van der Waals surface area contributed by atoms with E-state index in [1.165, 1.54) is 0 Å². The van der Waals surface area contributed by atoms with Crippen LogP contribution in [-0.2, 0) is 6.42 Å². The van der Waals surface area contributed by atoms with Crippen molar-refractivity contribution in [1.29, 1.82) is 0 Å². The van der Waals surface area contributed by atoms with Gasteiger partial charge in [-0.15, -0.1) is 0 Å². The van der Waals surface area contributed by atoms with Crippen LogP contribution in [0.4, 0.5) is 0 Å². The van der Waals surface area contributed by atoms with Gasteiger partial charge in [-0.05, 0) is 49.7 Å². The maximum Gasteiger partial charge on any atom is 0.137 e. The van der Waals surface area contributed by atoms with Gasteiger partial charge in [0.25, 0.3) is 0 Å². The van der Waals surface area contributed by atoms with Crippen molar-refractivity contribution >= 4 is 23.2 Å². The average molecular weight is 325 g/mol. The molecule has 1 aromatic heterocycles. The van der Waals surface area contributed by atoms with Crippen molar-refractivity contribution in [2.75, 3.05) is 13.7 Å². The first-order chi connectivity index (χ1) is 10.2. The largest absolute Gasteiger partial charge is 0.492 e. The van der Waals surface area contributed by atoms with Gasteiger partial charge < -0.3 is 10.1 Å². The second kappa shape index (κ2) is 7.64. The van der Waals surface area contributed by atoms with Crippen LogP contribution in [0.1, 0.15) is 24.1 Å². The number of hydrogen-bond acceptors (Lipinski definition) is 3. The summed E-state index contributed by atoms with van der Waals surface area (Å²) in [6.45, 7) is 2.57. The summed E-state index contributed by atoms with van der Waals surface area (Å²) in [5.41, 5.74) is 1.97. The topological polar surface area (TPSA) is 34.1 Å². The van der Waals surface area contributed by atoms with Gasteiger partial charge in [-0.2, -0.15) is 0 Å². The van der Waals surface area contributed by atoms with E-state index >= 15 is 0 Å². The molecule has 0 amide bonds. The molecular formula is C16H18Cl2N2O. The lowest BCUT2D eigenvalue weighted by atomic mass is 10.00. The predicted octanol–water partition coefficient (Wildman–Crippen LogP) is 4.29. The molecule has 5 heteroatoms. The van der Waals surface area contributed by atoms with E-state index in [4.69, 9.17) is 27.9 Å². The number of pyridine rings is 1. The number of likely N-dealkylation sites (N-methyl/N-ethyl adjacent to an activating group) is 1. The molecule has 0 saturated heterocycles. The lowest BCUT2D eigenvalue weighted by molar-refractivity contribution is 0.338. The number of nitrogens with zero attached hydrogens (tertiary/aromatic N) is 1. The van der Waals surface area contributed by atoms with Crippen molar-refractivity contribution in [3.8, 4) is 5.75 Å². The van der Waals surface area contributed by atoms with Gasteiger partial charge in [-0.25, -0.2) is 0 Å². The summed E-state index contributed by atoms with van der Waals surface area (Å²) < 4.78 is 5.50. The lowest BCUT2D eigenvalue weighted by Crippen LogP contribution is -2.19. The van der Waals surface area contributed by atoms with E-state index in [0.717, 1.165) is 16.9 Å². The molecule has 0 radical (unpaired) electrons. The van der Waals surface area contributed by atoms with E-state index in [2.05, 4.69) is 10.3 Å². The molecule has 0 saturated carbocycles. The zero-order chi connectivity index (χ0) is 15.2. The van der Waals surface area contributed by atoms with E-state index in [-0.39, 0.29) is 6.04 Å². The van der Waals surface area contributed by atoms with Crippen LogP contribution in [0, 0.1) is 0 Å². The number of hydrogen-bond donors (Lipinski definition) is 1. The molecule has 1 aromatic carbocycles. The van der Waals surface area contributed by atoms with Gasteiger partial charge in [-0.1, -0.05) is 29.3 Å². The minimum atomic E-state index is 0.0651. The summed E-state index contributed by atoms with van der Waals surface area (Å²) in [4.78, 5) is 4.23. The molecule has 2 rings (SSSR count). The average Bonchev–Trinajstić information content (AvgIpc) is 2.48. The van der Waals surface area contributed by atoms with E-state index < -0.39 is 0 Å². The van der Waals surface area contributed by atoms with Crippen LogP contribution in [0.15, 0.2) is 36.7 Å². The zero-order valence-corrected chi connectivity index (χ0v) is 13.6. The van der Waals surface area contributed by atoms with Crippen molar-refractivity contribution in [3.05, 3.63) is 57.8 Å². The molecule has 0 spiro atoms. The van der Waals surface area contributed by atoms with Crippen molar-refractivity contribution < 1.29 is 4.74 Å². The second-order valence-electron chi connectivity index (χ2n) is 4.63. The van der Waals surface area contributed by atoms with Gasteiger partial charge in [0, 0.05) is 22.3 Å². The number of nitrogens with one attached hydrogen (secondary N) is 1. The Balaban J connectivity index is 2.26. The maximum absolute atomic E-state index is 6.25. The molecule has 0 bridgehead atoms. The smallest absolute Gasteiger partial charge is 0.137 e. The van der Waals surface area contributed by atoms with Crippen molar-refractivity contribution in [1.82, 2.24) is 10.3 Å². The van der Waals surface area contributed by atoms with Gasteiger partial charge in [0.05, 0.1) is 12.8 Å². The van der Waals surface area contributed by atoms with Crippen LogP contribution in [-0.4, -0.2) is 18.6 Å². The highest BCUT2D eigenvalue weighted by Gasteiger charge is 2.15. The minimum Gasteiger partial charge on any atom is -0.492 e. The van der Waals surface area contributed by atoms with Crippen LogP contribution in [0.3, 0.4) is 0 Å². The zero-order valence-electron chi connectivity index (χ0n) is 12.1. The van der Waals surface area contributed by atoms with Crippen molar-refractivity contribution in [2.45, 2.75) is 19.4 Å². The van der Waals surface area contributed by atoms with Crippen LogP contribution < -0.4 is 10.1 Å². The Morgan fingerprint density at radius 3 is 2.57 bits per heavy atom. The second-order valence-corrected chi connectivity index (χ2v) is 5.45. The number of aromatic nitrogens is 1. The monoisotopic (exact) mass is 324 g/mol. The molecule has 2 aromatic rings. The van der Waals surface area contributed by atoms with E-state index in [1.807, 2.05) is 44.4 Å². The van der Waals surface area contributed by atoms with Gasteiger partial charge in [0.1, 0.15) is 5.75 Å². The quantitative estimate of drug-likeness (QED) is 0.860. The Morgan fingerprint density at radius 2 is 1.95 bits per heavy atom. The fourth-order valence-electron chi connectivity index (χ4n) is 2.19. The first-order valence-corrected chi connectivity index (χ1v) is 7.59. The van der Waals surface area contributed by atoms with E-state index in [1.54, 1.807) is 6.20 Å². The summed E-state index contributed by atoms with van der Waals surface area (Å²) in [5.74, 6) is 0.764. The third-order valence-corrected chi connectivity index (χ3v) is 3.97. The van der Waals surface area contributed by atoms with Gasteiger partial charge in [0.2, 0.25) is 0 Å². The summed E-state index contributed by atoms with van der Waals surface area (Å²) in [7, 11) is 1.91. The van der Waals surface area contributed by atoms with E-state index in [9.17, 15) is 0 Å². The lowest BCUT2D eigenvalue weighted by Gasteiger charge is -2.18. The van der Waals surface area contributed by atoms with Crippen LogP contribution in [0.25, 0.3) is 0 Å². The Morgan fingerprint density at radius 1 is 1.24 bits per heavy atom. The summed E-state index contributed by atoms with van der Waals surface area (Å²) in [6, 6.07) is 7.60. The molecule has 21 heavy (non-hydrogen) atoms. The standard InChI is InChI=1S/C16H18Cl2N2O/c1-3-21-12-7-11(9-20-10-12)16(19-2)8-13-14(17)5-4-6-15(13)18/h4-7,9-10,16,19H,3,8H2,1-2H3. The Labute approximate surface area is 135 Å². The van der Waals surface area contributed by atoms with Crippen LogP contribution in [0.5, 0.6) is 5.75 Å². The third kappa shape index (κ3) is 4.10. The highest BCUT2D eigenvalue weighted by atomic mass is 35.5. The minimum absolute atomic E-state index is 0.0651. The molecule has 1 heterocycles. The van der Waals surface area contributed by atoms with Gasteiger partial charge >= 0.3 is 0 Å². The Hall–Kier alpha value is -1.29. The fraction of sp³-hybridized carbons (Fsp3) is 0.312. The highest BCUT2D eigenvalue weighted by molar-refractivity contribution is 6.36. The normalized spacial score (nSPS) is 12.2. The van der Waals surface area contributed by atoms with Gasteiger partial charge in [0.15, 0.2) is 0 Å². The Kier molecular flexibility index (Phi) is 5.85. The molecule has 1 N–H and O–H groups in total. The highest BCUT2D eigenvalue weighted by Crippen LogP contribution is 2.29. The van der Waals surface area contributed by atoms with E-state index in [0.29, 0.717) is 23.1 Å². The fourth-order valence-corrected chi connectivity index (χ4v) is 2.74. The summed E-state index contributed by atoms with van der Waals surface area (Å²) in [5, 5.41) is 4.63.